The number of nitrogens with one attached hydrogen (secondary N) is 2. The van der Waals surface area contributed by atoms with Crippen molar-refractivity contribution in [3.05, 3.63) is 35.9 Å². The Morgan fingerprint density at radius 3 is 2.55 bits per heavy atom. The van der Waals surface area contributed by atoms with Crippen molar-refractivity contribution in [3.63, 3.8) is 0 Å². The van der Waals surface area contributed by atoms with Gasteiger partial charge >= 0.3 is 6.03 Å². The molecule has 22 heavy (non-hydrogen) atoms. The van der Waals surface area contributed by atoms with E-state index in [-0.39, 0.29) is 36.9 Å². The fourth-order valence-corrected chi connectivity index (χ4v) is 2.44. The van der Waals surface area contributed by atoms with Crippen LogP contribution in [0.2, 0.25) is 0 Å². The van der Waals surface area contributed by atoms with Crippen LogP contribution in [0.15, 0.2) is 30.3 Å². The van der Waals surface area contributed by atoms with E-state index < -0.39 is 6.03 Å². The van der Waals surface area contributed by atoms with E-state index in [9.17, 15) is 14.4 Å². The molecule has 0 atom stereocenters. The summed E-state index contributed by atoms with van der Waals surface area (Å²) in [6.07, 6.45) is 0.344. The number of hydrogen-bond donors (Lipinski definition) is 2. The van der Waals surface area contributed by atoms with Gasteiger partial charge in [0.05, 0.1) is 6.54 Å². The van der Waals surface area contributed by atoms with Crippen molar-refractivity contribution in [3.8, 4) is 0 Å². The van der Waals surface area contributed by atoms with Gasteiger partial charge in [-0.05, 0) is 11.0 Å². The third kappa shape index (κ3) is 3.84. The van der Waals surface area contributed by atoms with Crippen LogP contribution in [0.1, 0.15) is 25.8 Å². The minimum atomic E-state index is -0.399. The quantitative estimate of drug-likeness (QED) is 0.770. The summed E-state index contributed by atoms with van der Waals surface area (Å²) in [6, 6.07) is 9.45. The molecule has 0 unspecified atom stereocenters. The Hall–Kier alpha value is -2.37. The van der Waals surface area contributed by atoms with Gasteiger partial charge in [0.25, 0.3) is 0 Å². The van der Waals surface area contributed by atoms with Gasteiger partial charge in [0.15, 0.2) is 0 Å². The number of nitrogens with zero attached hydrogens (tertiary/aromatic N) is 1. The lowest BCUT2D eigenvalue weighted by Crippen LogP contribution is -2.40. The van der Waals surface area contributed by atoms with Gasteiger partial charge in [-0.3, -0.25) is 14.5 Å². The predicted octanol–water partition coefficient (Wildman–Crippen LogP) is 1.02. The zero-order valence-corrected chi connectivity index (χ0v) is 12.9. The van der Waals surface area contributed by atoms with Gasteiger partial charge < -0.3 is 10.6 Å². The molecular weight excluding hydrogens is 282 g/mol. The molecule has 1 aliphatic rings. The zero-order chi connectivity index (χ0) is 16.2. The summed E-state index contributed by atoms with van der Waals surface area (Å²) in [4.78, 5) is 35.9. The van der Waals surface area contributed by atoms with Crippen LogP contribution in [0, 0.1) is 0 Å². The van der Waals surface area contributed by atoms with E-state index in [4.69, 9.17) is 0 Å². The van der Waals surface area contributed by atoms with Crippen LogP contribution in [0.5, 0.6) is 0 Å². The minimum Gasteiger partial charge on any atom is -0.354 e. The summed E-state index contributed by atoms with van der Waals surface area (Å²) < 4.78 is 0. The molecule has 6 heteroatoms. The highest BCUT2D eigenvalue weighted by atomic mass is 16.2. The first kappa shape index (κ1) is 16.0. The number of carbonyl (C=O) groups is 3. The summed E-state index contributed by atoms with van der Waals surface area (Å²) >= 11 is 0. The zero-order valence-electron chi connectivity index (χ0n) is 12.9. The number of hydrogen-bond acceptors (Lipinski definition) is 3. The van der Waals surface area contributed by atoms with Crippen LogP contribution >= 0.6 is 0 Å². The summed E-state index contributed by atoms with van der Waals surface area (Å²) in [5, 5.41) is 5.21. The topological polar surface area (TPSA) is 78.5 Å². The Morgan fingerprint density at radius 2 is 1.95 bits per heavy atom. The molecule has 1 saturated heterocycles. The second-order valence-electron chi connectivity index (χ2n) is 5.98. The first-order valence-corrected chi connectivity index (χ1v) is 7.30. The van der Waals surface area contributed by atoms with Crippen molar-refractivity contribution in [2.45, 2.75) is 25.7 Å². The number of benzene rings is 1. The third-order valence-corrected chi connectivity index (χ3v) is 3.75. The summed E-state index contributed by atoms with van der Waals surface area (Å²) in [5.41, 5.74) is 0.825. The van der Waals surface area contributed by atoms with E-state index >= 15 is 0 Å². The van der Waals surface area contributed by atoms with Crippen molar-refractivity contribution < 1.29 is 14.4 Å². The second kappa shape index (κ2) is 6.60. The molecular formula is C16H21N3O3. The number of amides is 4. The smallest absolute Gasteiger partial charge is 0.324 e. The van der Waals surface area contributed by atoms with E-state index in [2.05, 4.69) is 10.6 Å². The van der Waals surface area contributed by atoms with Gasteiger partial charge in [-0.1, -0.05) is 44.2 Å². The van der Waals surface area contributed by atoms with E-state index in [1.54, 1.807) is 0 Å². The van der Waals surface area contributed by atoms with Crippen molar-refractivity contribution in [2.24, 2.45) is 0 Å². The Bertz CT molecular complexity index is 553. The number of carbonyl (C=O) groups excluding carboxylic acids is 3. The average Bonchev–Trinajstić information content (AvgIpc) is 2.79. The summed E-state index contributed by atoms with van der Waals surface area (Å²) in [7, 11) is 0. The highest BCUT2D eigenvalue weighted by Crippen LogP contribution is 2.26. The fraction of sp³-hybridized carbons (Fsp3) is 0.438. The van der Waals surface area contributed by atoms with E-state index in [1.807, 2.05) is 44.2 Å². The molecule has 1 aliphatic heterocycles. The molecule has 4 amide bonds. The minimum absolute atomic E-state index is 0.0355. The Kier molecular flexibility index (Phi) is 4.80. The molecule has 1 aromatic carbocycles. The molecule has 0 spiro atoms. The maximum absolute atomic E-state index is 12.1. The van der Waals surface area contributed by atoms with E-state index in [0.717, 1.165) is 10.5 Å². The molecule has 0 radical (unpaired) electrons. The lowest BCUT2D eigenvalue weighted by Gasteiger charge is -2.24. The molecule has 1 heterocycles. The van der Waals surface area contributed by atoms with Gasteiger partial charge in [-0.2, -0.15) is 0 Å². The number of rotatable bonds is 6. The molecule has 0 aromatic heterocycles. The largest absolute Gasteiger partial charge is 0.354 e. The Balaban J connectivity index is 1.81. The van der Waals surface area contributed by atoms with Crippen molar-refractivity contribution in [1.29, 1.82) is 0 Å². The van der Waals surface area contributed by atoms with Crippen LogP contribution in [0.3, 0.4) is 0 Å². The molecule has 1 fully saturated rings. The van der Waals surface area contributed by atoms with Gasteiger partial charge in [0, 0.05) is 19.5 Å². The molecule has 1 aromatic rings. The second-order valence-corrected chi connectivity index (χ2v) is 5.98. The van der Waals surface area contributed by atoms with Crippen molar-refractivity contribution in [2.75, 3.05) is 19.6 Å². The van der Waals surface area contributed by atoms with Crippen LogP contribution in [-0.4, -0.2) is 42.4 Å². The summed E-state index contributed by atoms with van der Waals surface area (Å²) in [5.74, 6) is -0.357. The van der Waals surface area contributed by atoms with Crippen molar-refractivity contribution >= 4 is 17.8 Å². The van der Waals surface area contributed by atoms with Gasteiger partial charge in [0.1, 0.15) is 0 Å². The van der Waals surface area contributed by atoms with Crippen LogP contribution in [-0.2, 0) is 15.0 Å². The SMILES string of the molecule is CC(C)(CC(=O)NCCN1C(=O)CNC1=O)c1ccccc1. The lowest BCUT2D eigenvalue weighted by molar-refractivity contribution is -0.126. The first-order valence-electron chi connectivity index (χ1n) is 7.30. The van der Waals surface area contributed by atoms with Gasteiger partial charge in [-0.25, -0.2) is 4.79 Å². The third-order valence-electron chi connectivity index (χ3n) is 3.75. The van der Waals surface area contributed by atoms with Gasteiger partial charge in [-0.15, -0.1) is 0 Å². The molecule has 118 valence electrons. The molecule has 2 rings (SSSR count). The lowest BCUT2D eigenvalue weighted by atomic mass is 9.81. The van der Waals surface area contributed by atoms with Crippen LogP contribution < -0.4 is 10.6 Å². The standard InChI is InChI=1S/C16H21N3O3/c1-16(2,12-6-4-3-5-7-12)10-13(20)17-8-9-19-14(21)11-18-15(19)22/h3-7H,8-11H2,1-2H3,(H,17,20)(H,18,22). The van der Waals surface area contributed by atoms with Crippen molar-refractivity contribution in [1.82, 2.24) is 15.5 Å². The first-order chi connectivity index (χ1) is 10.4. The number of urea groups is 1. The average molecular weight is 303 g/mol. The van der Waals surface area contributed by atoms with Crippen LogP contribution in [0.4, 0.5) is 4.79 Å². The summed E-state index contributed by atoms with van der Waals surface area (Å²) in [6.45, 7) is 4.53. The maximum Gasteiger partial charge on any atom is 0.324 e. The van der Waals surface area contributed by atoms with E-state index in [1.165, 1.54) is 0 Å². The number of imide groups is 1. The fourth-order valence-electron chi connectivity index (χ4n) is 2.44. The highest BCUT2D eigenvalue weighted by Gasteiger charge is 2.28. The van der Waals surface area contributed by atoms with Crippen LogP contribution in [0.25, 0.3) is 0 Å². The Morgan fingerprint density at radius 1 is 1.27 bits per heavy atom. The Labute approximate surface area is 129 Å². The molecule has 0 bridgehead atoms. The van der Waals surface area contributed by atoms with Gasteiger partial charge in [0.2, 0.25) is 11.8 Å². The predicted molar refractivity (Wildman–Crippen MR) is 82.2 cm³/mol. The normalized spacial score (nSPS) is 14.9. The molecule has 0 saturated carbocycles. The monoisotopic (exact) mass is 303 g/mol. The molecule has 2 N–H and O–H groups in total. The molecule has 6 nitrogen and oxygen atoms in total. The highest BCUT2D eigenvalue weighted by molar-refractivity contribution is 6.01. The van der Waals surface area contributed by atoms with E-state index in [0.29, 0.717) is 6.42 Å². The maximum atomic E-state index is 12.1. The molecule has 0 aliphatic carbocycles.